The van der Waals surface area contributed by atoms with E-state index < -0.39 is 11.7 Å². The zero-order valence-corrected chi connectivity index (χ0v) is 9.82. The van der Waals surface area contributed by atoms with Gasteiger partial charge in [0.1, 0.15) is 0 Å². The lowest BCUT2D eigenvalue weighted by Gasteiger charge is -2.20. The lowest BCUT2D eigenvalue weighted by atomic mass is 10.1. The molecule has 0 amide bonds. The van der Waals surface area contributed by atoms with Gasteiger partial charge in [-0.05, 0) is 17.7 Å². The van der Waals surface area contributed by atoms with Crippen LogP contribution >= 0.6 is 0 Å². The second-order valence-corrected chi connectivity index (χ2v) is 3.92. The molecule has 0 fully saturated rings. The summed E-state index contributed by atoms with van der Waals surface area (Å²) < 4.78 is 37.0. The molecule has 0 heterocycles. The Bertz CT molecular complexity index is 345. The molecule has 0 aromatic heterocycles. The van der Waals surface area contributed by atoms with E-state index in [9.17, 15) is 13.2 Å². The number of aliphatic hydroxyl groups excluding tert-OH is 2. The smallest absolute Gasteiger partial charge is 0.395 e. The number of hydrogen-bond acceptors (Lipinski definition) is 3. The summed E-state index contributed by atoms with van der Waals surface area (Å²) in [5.41, 5.74) is 0.0343. The Morgan fingerprint density at radius 2 is 1.44 bits per heavy atom. The Morgan fingerprint density at radius 3 is 1.83 bits per heavy atom. The van der Waals surface area contributed by atoms with Crippen LogP contribution in [0.4, 0.5) is 13.2 Å². The Hall–Kier alpha value is -1.11. The molecule has 0 saturated heterocycles. The van der Waals surface area contributed by atoms with E-state index in [-0.39, 0.29) is 13.2 Å². The lowest BCUT2D eigenvalue weighted by molar-refractivity contribution is -0.137. The molecular formula is C12H16F3NO2. The van der Waals surface area contributed by atoms with Gasteiger partial charge in [0.25, 0.3) is 0 Å². The third-order valence-corrected chi connectivity index (χ3v) is 2.52. The van der Waals surface area contributed by atoms with Gasteiger partial charge in [0.15, 0.2) is 0 Å². The predicted molar refractivity (Wildman–Crippen MR) is 60.9 cm³/mol. The van der Waals surface area contributed by atoms with Crippen LogP contribution in [0, 0.1) is 0 Å². The molecule has 0 aliphatic heterocycles. The third-order valence-electron chi connectivity index (χ3n) is 2.52. The summed E-state index contributed by atoms with van der Waals surface area (Å²) in [7, 11) is 0. The zero-order chi connectivity index (χ0) is 13.6. The normalized spacial score (nSPS) is 12.1. The molecule has 3 nitrogen and oxygen atoms in total. The SMILES string of the molecule is OCCN(CCO)Cc1ccc(C(F)(F)F)cc1. The topological polar surface area (TPSA) is 43.7 Å². The van der Waals surface area contributed by atoms with E-state index in [1.807, 2.05) is 0 Å². The molecule has 6 heteroatoms. The summed E-state index contributed by atoms with van der Waals surface area (Å²) in [5.74, 6) is 0. The quantitative estimate of drug-likeness (QED) is 0.817. The van der Waals surface area contributed by atoms with Crippen LogP contribution in [0.5, 0.6) is 0 Å². The molecule has 2 N–H and O–H groups in total. The fourth-order valence-electron chi connectivity index (χ4n) is 1.61. The van der Waals surface area contributed by atoms with Crippen LogP contribution in [0.2, 0.25) is 0 Å². The minimum Gasteiger partial charge on any atom is -0.395 e. The number of nitrogens with zero attached hydrogens (tertiary/aromatic N) is 1. The average molecular weight is 263 g/mol. The van der Waals surface area contributed by atoms with Crippen molar-refractivity contribution < 1.29 is 23.4 Å². The van der Waals surface area contributed by atoms with Crippen molar-refractivity contribution in [2.24, 2.45) is 0 Å². The van der Waals surface area contributed by atoms with E-state index in [4.69, 9.17) is 10.2 Å². The molecule has 1 rings (SSSR count). The van der Waals surface area contributed by atoms with Crippen LogP contribution in [0.1, 0.15) is 11.1 Å². The lowest BCUT2D eigenvalue weighted by Crippen LogP contribution is -2.29. The van der Waals surface area contributed by atoms with Crippen LogP contribution in [0.3, 0.4) is 0 Å². The van der Waals surface area contributed by atoms with Crippen molar-refractivity contribution in [3.8, 4) is 0 Å². The highest BCUT2D eigenvalue weighted by molar-refractivity contribution is 5.24. The van der Waals surface area contributed by atoms with Gasteiger partial charge in [-0.3, -0.25) is 4.90 Å². The summed E-state index contributed by atoms with van der Waals surface area (Å²) >= 11 is 0. The molecule has 0 spiro atoms. The van der Waals surface area contributed by atoms with Crippen molar-refractivity contribution in [2.45, 2.75) is 12.7 Å². The number of hydrogen-bond donors (Lipinski definition) is 2. The number of aliphatic hydroxyl groups is 2. The average Bonchev–Trinajstić information content (AvgIpc) is 2.29. The van der Waals surface area contributed by atoms with Crippen molar-refractivity contribution in [1.82, 2.24) is 4.90 Å². The summed E-state index contributed by atoms with van der Waals surface area (Å²) in [6, 6.07) is 4.88. The molecule has 0 radical (unpaired) electrons. The summed E-state index contributed by atoms with van der Waals surface area (Å²) in [5, 5.41) is 17.6. The van der Waals surface area contributed by atoms with Crippen molar-refractivity contribution in [2.75, 3.05) is 26.3 Å². The minimum atomic E-state index is -4.32. The Balaban J connectivity index is 2.67. The van der Waals surface area contributed by atoms with Gasteiger partial charge in [-0.25, -0.2) is 0 Å². The van der Waals surface area contributed by atoms with Crippen molar-refractivity contribution >= 4 is 0 Å². The molecule has 0 atom stereocenters. The third kappa shape index (κ3) is 4.64. The summed E-state index contributed by atoms with van der Waals surface area (Å²) in [6.07, 6.45) is -4.32. The number of halogens is 3. The standard InChI is InChI=1S/C12H16F3NO2/c13-12(14,15)11-3-1-10(2-4-11)9-16(5-7-17)6-8-18/h1-4,17-18H,5-9H2. The maximum absolute atomic E-state index is 12.3. The van der Waals surface area contributed by atoms with Gasteiger partial charge in [0.2, 0.25) is 0 Å². The van der Waals surface area contributed by atoms with Gasteiger partial charge in [-0.2, -0.15) is 13.2 Å². The summed E-state index contributed by atoms with van der Waals surface area (Å²) in [4.78, 5) is 1.77. The van der Waals surface area contributed by atoms with Gasteiger partial charge in [-0.1, -0.05) is 12.1 Å². The molecular weight excluding hydrogens is 247 g/mol. The van der Waals surface area contributed by atoms with Crippen LogP contribution in [-0.4, -0.2) is 41.4 Å². The second-order valence-electron chi connectivity index (χ2n) is 3.92. The zero-order valence-electron chi connectivity index (χ0n) is 9.82. The fourth-order valence-corrected chi connectivity index (χ4v) is 1.61. The molecule has 102 valence electrons. The van der Waals surface area contributed by atoms with Crippen molar-refractivity contribution in [3.05, 3.63) is 35.4 Å². The van der Waals surface area contributed by atoms with Gasteiger partial charge < -0.3 is 10.2 Å². The monoisotopic (exact) mass is 263 g/mol. The molecule has 1 aromatic rings. The van der Waals surface area contributed by atoms with Gasteiger partial charge in [-0.15, -0.1) is 0 Å². The van der Waals surface area contributed by atoms with E-state index in [0.29, 0.717) is 25.2 Å². The molecule has 18 heavy (non-hydrogen) atoms. The summed E-state index contributed by atoms with van der Waals surface area (Å²) in [6.45, 7) is 1.05. The Labute approximate surface area is 103 Å². The highest BCUT2D eigenvalue weighted by Crippen LogP contribution is 2.29. The first-order chi connectivity index (χ1) is 8.47. The maximum atomic E-state index is 12.3. The van der Waals surface area contributed by atoms with Gasteiger partial charge in [0.05, 0.1) is 18.8 Å². The van der Waals surface area contributed by atoms with Crippen molar-refractivity contribution in [1.29, 1.82) is 0 Å². The first-order valence-electron chi connectivity index (χ1n) is 5.57. The fraction of sp³-hybridized carbons (Fsp3) is 0.500. The Kier molecular flexibility index (Phi) is 5.58. The predicted octanol–water partition coefficient (Wildman–Crippen LogP) is 1.49. The number of rotatable bonds is 6. The molecule has 0 aliphatic carbocycles. The molecule has 0 saturated carbocycles. The highest BCUT2D eigenvalue weighted by Gasteiger charge is 2.29. The maximum Gasteiger partial charge on any atom is 0.416 e. The largest absolute Gasteiger partial charge is 0.416 e. The van der Waals surface area contributed by atoms with Crippen molar-refractivity contribution in [3.63, 3.8) is 0 Å². The molecule has 1 aromatic carbocycles. The van der Waals surface area contributed by atoms with Gasteiger partial charge in [0, 0.05) is 19.6 Å². The van der Waals surface area contributed by atoms with Crippen LogP contribution in [-0.2, 0) is 12.7 Å². The molecule has 0 unspecified atom stereocenters. The minimum absolute atomic E-state index is 0.0549. The van der Waals surface area contributed by atoms with Crippen LogP contribution < -0.4 is 0 Å². The van der Waals surface area contributed by atoms with E-state index >= 15 is 0 Å². The first-order valence-corrected chi connectivity index (χ1v) is 5.57. The highest BCUT2D eigenvalue weighted by atomic mass is 19.4. The van der Waals surface area contributed by atoms with Crippen LogP contribution in [0.15, 0.2) is 24.3 Å². The van der Waals surface area contributed by atoms with E-state index in [1.54, 1.807) is 4.90 Å². The van der Waals surface area contributed by atoms with Gasteiger partial charge >= 0.3 is 6.18 Å². The first kappa shape index (κ1) is 14.9. The van der Waals surface area contributed by atoms with Crippen LogP contribution in [0.25, 0.3) is 0 Å². The molecule has 0 bridgehead atoms. The van der Waals surface area contributed by atoms with E-state index in [0.717, 1.165) is 12.1 Å². The molecule has 0 aliphatic rings. The second kappa shape index (κ2) is 6.72. The van der Waals surface area contributed by atoms with E-state index in [2.05, 4.69) is 0 Å². The Morgan fingerprint density at radius 1 is 0.944 bits per heavy atom. The van der Waals surface area contributed by atoms with E-state index in [1.165, 1.54) is 12.1 Å². The number of alkyl halides is 3. The number of benzene rings is 1.